The molecule has 0 aromatic heterocycles. The molecule has 0 aliphatic carbocycles. The van der Waals surface area contributed by atoms with Crippen molar-refractivity contribution >= 4 is 6.41 Å². The first-order valence-corrected chi connectivity index (χ1v) is 5.93. The first-order valence-electron chi connectivity index (χ1n) is 5.93. The summed E-state index contributed by atoms with van der Waals surface area (Å²) in [5.41, 5.74) is 0.910. The SMILES string of the molecule is O=[C]N1CC[C@@H](NCc2ccc(F)cc2)[C@@H](F)C1. The van der Waals surface area contributed by atoms with E-state index in [4.69, 9.17) is 0 Å². The number of likely N-dealkylation sites (tertiary alicyclic amines) is 1. The molecule has 97 valence electrons. The van der Waals surface area contributed by atoms with Crippen LogP contribution in [0.4, 0.5) is 8.78 Å². The number of hydrogen-bond acceptors (Lipinski definition) is 2. The Morgan fingerprint density at radius 2 is 2.11 bits per heavy atom. The lowest BCUT2D eigenvalue weighted by Gasteiger charge is -2.32. The van der Waals surface area contributed by atoms with Crippen LogP contribution in [-0.4, -0.2) is 36.6 Å². The van der Waals surface area contributed by atoms with Gasteiger partial charge in [0.25, 0.3) is 0 Å². The van der Waals surface area contributed by atoms with Crippen LogP contribution in [0.25, 0.3) is 0 Å². The second kappa shape index (κ2) is 5.91. The van der Waals surface area contributed by atoms with E-state index in [1.807, 2.05) is 0 Å². The third kappa shape index (κ3) is 3.26. The van der Waals surface area contributed by atoms with Gasteiger partial charge >= 0.3 is 6.41 Å². The van der Waals surface area contributed by atoms with E-state index in [0.29, 0.717) is 19.5 Å². The summed E-state index contributed by atoms with van der Waals surface area (Å²) in [5.74, 6) is -0.281. The predicted molar refractivity (Wildman–Crippen MR) is 63.8 cm³/mol. The van der Waals surface area contributed by atoms with E-state index in [2.05, 4.69) is 5.32 Å². The molecule has 1 radical (unpaired) electrons. The Labute approximate surface area is 105 Å². The zero-order chi connectivity index (χ0) is 13.0. The normalized spacial score (nSPS) is 24.0. The lowest BCUT2D eigenvalue weighted by molar-refractivity contribution is 0.144. The van der Waals surface area contributed by atoms with Crippen LogP contribution < -0.4 is 5.32 Å². The Hall–Kier alpha value is -1.49. The molecule has 3 nitrogen and oxygen atoms in total. The van der Waals surface area contributed by atoms with E-state index in [9.17, 15) is 13.6 Å². The zero-order valence-electron chi connectivity index (χ0n) is 9.90. The summed E-state index contributed by atoms with van der Waals surface area (Å²) in [6.07, 6.45) is 1.19. The highest BCUT2D eigenvalue weighted by atomic mass is 19.1. The van der Waals surface area contributed by atoms with Gasteiger partial charge in [-0.3, -0.25) is 4.79 Å². The van der Waals surface area contributed by atoms with Crippen molar-refractivity contribution in [2.45, 2.75) is 25.2 Å². The van der Waals surface area contributed by atoms with Gasteiger partial charge in [0.2, 0.25) is 0 Å². The van der Waals surface area contributed by atoms with Gasteiger partial charge in [-0.2, -0.15) is 0 Å². The summed E-state index contributed by atoms with van der Waals surface area (Å²) in [7, 11) is 0. The number of piperidine rings is 1. The van der Waals surface area contributed by atoms with Crippen molar-refractivity contribution in [1.82, 2.24) is 10.2 Å². The van der Waals surface area contributed by atoms with Crippen molar-refractivity contribution in [3.63, 3.8) is 0 Å². The molecule has 0 spiro atoms. The molecule has 1 aromatic rings. The topological polar surface area (TPSA) is 32.3 Å². The Kier molecular flexibility index (Phi) is 4.25. The number of hydrogen-bond donors (Lipinski definition) is 1. The van der Waals surface area contributed by atoms with Gasteiger partial charge in [-0.05, 0) is 24.1 Å². The number of carbonyl (C=O) groups excluding carboxylic acids is 1. The average molecular weight is 253 g/mol. The van der Waals surface area contributed by atoms with Gasteiger partial charge in [-0.15, -0.1) is 0 Å². The quantitative estimate of drug-likeness (QED) is 0.879. The number of halogens is 2. The average Bonchev–Trinajstić information content (AvgIpc) is 2.39. The third-order valence-electron chi connectivity index (χ3n) is 3.15. The van der Waals surface area contributed by atoms with Gasteiger partial charge in [0.1, 0.15) is 12.0 Å². The fraction of sp³-hybridized carbons (Fsp3) is 0.462. The summed E-state index contributed by atoms with van der Waals surface area (Å²) in [6.45, 7) is 1.10. The Morgan fingerprint density at radius 3 is 2.72 bits per heavy atom. The minimum Gasteiger partial charge on any atom is -0.331 e. The molecule has 1 aromatic carbocycles. The van der Waals surface area contributed by atoms with E-state index in [-0.39, 0.29) is 18.4 Å². The molecule has 1 N–H and O–H groups in total. The first-order chi connectivity index (χ1) is 8.69. The van der Waals surface area contributed by atoms with E-state index < -0.39 is 6.17 Å². The van der Waals surface area contributed by atoms with Crippen LogP contribution in [0.3, 0.4) is 0 Å². The molecule has 1 heterocycles. The van der Waals surface area contributed by atoms with Crippen LogP contribution >= 0.6 is 0 Å². The van der Waals surface area contributed by atoms with Crippen LogP contribution in [0.5, 0.6) is 0 Å². The van der Waals surface area contributed by atoms with Crippen LogP contribution in [0.15, 0.2) is 24.3 Å². The molecular formula is C13H15F2N2O. The van der Waals surface area contributed by atoms with Gasteiger partial charge in [0, 0.05) is 19.1 Å². The van der Waals surface area contributed by atoms with Crippen LogP contribution in [0.1, 0.15) is 12.0 Å². The fourth-order valence-corrected chi connectivity index (χ4v) is 2.07. The summed E-state index contributed by atoms with van der Waals surface area (Å²) in [4.78, 5) is 11.7. The zero-order valence-corrected chi connectivity index (χ0v) is 9.90. The highest BCUT2D eigenvalue weighted by Gasteiger charge is 2.28. The molecule has 2 rings (SSSR count). The van der Waals surface area contributed by atoms with Crippen molar-refractivity contribution < 1.29 is 13.6 Å². The van der Waals surface area contributed by atoms with Crippen LogP contribution in [0.2, 0.25) is 0 Å². The van der Waals surface area contributed by atoms with Crippen LogP contribution in [0, 0.1) is 5.82 Å². The van der Waals surface area contributed by atoms with Gasteiger partial charge in [-0.25, -0.2) is 8.78 Å². The highest BCUT2D eigenvalue weighted by Crippen LogP contribution is 2.13. The number of nitrogens with one attached hydrogen (secondary N) is 1. The predicted octanol–water partition coefficient (Wildman–Crippen LogP) is 1.39. The maximum absolute atomic E-state index is 13.7. The first kappa shape index (κ1) is 13.0. The van der Waals surface area contributed by atoms with Crippen molar-refractivity contribution in [3.05, 3.63) is 35.6 Å². The number of amides is 1. The molecule has 1 fully saturated rings. The monoisotopic (exact) mass is 253 g/mol. The second-order valence-electron chi connectivity index (χ2n) is 4.46. The molecule has 1 aliphatic heterocycles. The van der Waals surface area contributed by atoms with Crippen molar-refractivity contribution in [3.8, 4) is 0 Å². The van der Waals surface area contributed by atoms with Crippen molar-refractivity contribution in [2.24, 2.45) is 0 Å². The largest absolute Gasteiger partial charge is 0.331 e. The number of benzene rings is 1. The minimum absolute atomic E-state index is 0.0879. The molecule has 18 heavy (non-hydrogen) atoms. The van der Waals surface area contributed by atoms with E-state index >= 15 is 0 Å². The molecular weight excluding hydrogens is 238 g/mol. The summed E-state index contributed by atoms with van der Waals surface area (Å²) < 4.78 is 26.4. The van der Waals surface area contributed by atoms with Crippen LogP contribution in [-0.2, 0) is 11.3 Å². The Balaban J connectivity index is 1.83. The molecule has 1 aliphatic rings. The lowest BCUT2D eigenvalue weighted by Crippen LogP contribution is -2.50. The van der Waals surface area contributed by atoms with Crippen molar-refractivity contribution in [1.29, 1.82) is 0 Å². The van der Waals surface area contributed by atoms with Crippen molar-refractivity contribution in [2.75, 3.05) is 13.1 Å². The molecule has 1 saturated heterocycles. The van der Waals surface area contributed by atoms with E-state index in [1.165, 1.54) is 17.0 Å². The lowest BCUT2D eigenvalue weighted by atomic mass is 10.0. The summed E-state index contributed by atoms with van der Waals surface area (Å²) in [6, 6.07) is 5.84. The Bertz CT molecular complexity index is 396. The van der Waals surface area contributed by atoms with E-state index in [1.54, 1.807) is 18.5 Å². The van der Waals surface area contributed by atoms with Gasteiger partial charge < -0.3 is 10.2 Å². The summed E-state index contributed by atoms with van der Waals surface area (Å²) >= 11 is 0. The Morgan fingerprint density at radius 1 is 1.39 bits per heavy atom. The highest BCUT2D eigenvalue weighted by molar-refractivity contribution is 5.48. The van der Waals surface area contributed by atoms with Gasteiger partial charge in [0.05, 0.1) is 6.54 Å². The molecule has 0 unspecified atom stereocenters. The second-order valence-corrected chi connectivity index (χ2v) is 4.46. The molecule has 0 saturated carbocycles. The molecule has 1 amide bonds. The molecule has 0 bridgehead atoms. The summed E-state index contributed by atoms with van der Waals surface area (Å²) in [5, 5.41) is 3.10. The standard InChI is InChI=1S/C13H15F2N2O/c14-11-3-1-10(2-4-11)7-16-13-5-6-17(9-18)8-12(13)15/h1-4,12-13,16H,5-8H2/t12-,13+/m0/s1. The number of alkyl halides is 1. The third-order valence-corrected chi connectivity index (χ3v) is 3.15. The maximum atomic E-state index is 13.7. The van der Waals surface area contributed by atoms with Gasteiger partial charge in [-0.1, -0.05) is 12.1 Å². The fourth-order valence-electron chi connectivity index (χ4n) is 2.07. The number of rotatable bonds is 4. The van der Waals surface area contributed by atoms with Gasteiger partial charge in [0.15, 0.2) is 0 Å². The smallest absolute Gasteiger partial charge is 0.312 e. The maximum Gasteiger partial charge on any atom is 0.312 e. The molecule has 5 heteroatoms. The molecule has 2 atom stereocenters. The van der Waals surface area contributed by atoms with E-state index in [0.717, 1.165) is 5.56 Å². The number of nitrogens with zero attached hydrogens (tertiary/aromatic N) is 1. The minimum atomic E-state index is -1.08.